The summed E-state index contributed by atoms with van der Waals surface area (Å²) in [5, 5.41) is 16.8. The first kappa shape index (κ1) is 13.5. The zero-order valence-corrected chi connectivity index (χ0v) is 10.9. The molecule has 0 aromatic carbocycles. The van der Waals surface area contributed by atoms with Gasteiger partial charge in [-0.25, -0.2) is 4.79 Å². The molecule has 19 heavy (non-hydrogen) atoms. The van der Waals surface area contributed by atoms with E-state index >= 15 is 0 Å². The number of aliphatic carboxylic acids is 1. The Bertz CT molecular complexity index is 460. The van der Waals surface area contributed by atoms with Gasteiger partial charge in [0.1, 0.15) is 5.54 Å². The van der Waals surface area contributed by atoms with E-state index < -0.39 is 11.5 Å². The smallest absolute Gasteiger partial charge is 0.329 e. The van der Waals surface area contributed by atoms with Crippen molar-refractivity contribution in [3.63, 3.8) is 0 Å². The highest BCUT2D eigenvalue weighted by molar-refractivity contribution is 5.86. The van der Waals surface area contributed by atoms with Crippen molar-refractivity contribution in [2.24, 2.45) is 0 Å². The Hall–Kier alpha value is -1.92. The second kappa shape index (κ2) is 5.38. The third-order valence-corrected chi connectivity index (χ3v) is 3.68. The molecule has 104 valence electrons. The molecule has 1 aromatic heterocycles. The molecule has 0 bridgehead atoms. The number of carbonyl (C=O) groups excluding carboxylic acids is 1. The van der Waals surface area contributed by atoms with E-state index in [0.29, 0.717) is 19.5 Å². The van der Waals surface area contributed by atoms with E-state index in [-0.39, 0.29) is 12.3 Å². The summed E-state index contributed by atoms with van der Waals surface area (Å²) in [4.78, 5) is 25.1. The standard InChI is InChI=1S/C12H18N4O3/c1-12(11(18)19)5-2-3-7-16(12)10(17)4-8-15-9-6-13-14-15/h6,9H,2-5,7-8H2,1H3,(H,18,19). The average Bonchev–Trinajstić information content (AvgIpc) is 2.89. The average molecular weight is 266 g/mol. The van der Waals surface area contributed by atoms with Crippen molar-refractivity contribution >= 4 is 11.9 Å². The van der Waals surface area contributed by atoms with Crippen LogP contribution in [0, 0.1) is 0 Å². The quantitative estimate of drug-likeness (QED) is 0.858. The van der Waals surface area contributed by atoms with Crippen LogP contribution in [0.5, 0.6) is 0 Å². The van der Waals surface area contributed by atoms with Crippen molar-refractivity contribution < 1.29 is 14.7 Å². The van der Waals surface area contributed by atoms with Gasteiger partial charge in [-0.15, -0.1) is 5.10 Å². The molecule has 1 aliphatic rings. The van der Waals surface area contributed by atoms with Gasteiger partial charge in [0.2, 0.25) is 5.91 Å². The molecule has 7 nitrogen and oxygen atoms in total. The van der Waals surface area contributed by atoms with Crippen LogP contribution in [0.25, 0.3) is 0 Å². The molecule has 1 aromatic rings. The number of hydrogen-bond acceptors (Lipinski definition) is 4. The Balaban J connectivity index is 2.01. The predicted molar refractivity (Wildman–Crippen MR) is 66.2 cm³/mol. The first-order valence-corrected chi connectivity index (χ1v) is 6.42. The Labute approximate surface area is 111 Å². The summed E-state index contributed by atoms with van der Waals surface area (Å²) >= 11 is 0. The first-order valence-electron chi connectivity index (χ1n) is 6.42. The summed E-state index contributed by atoms with van der Waals surface area (Å²) in [6.07, 6.45) is 5.68. The molecule has 1 atom stereocenters. The fourth-order valence-corrected chi connectivity index (χ4v) is 2.44. The lowest BCUT2D eigenvalue weighted by Gasteiger charge is -2.41. The summed E-state index contributed by atoms with van der Waals surface area (Å²) in [6.45, 7) is 2.56. The van der Waals surface area contributed by atoms with Crippen LogP contribution in [0.15, 0.2) is 12.4 Å². The van der Waals surface area contributed by atoms with Crippen LogP contribution < -0.4 is 0 Å². The highest BCUT2D eigenvalue weighted by Crippen LogP contribution is 2.28. The Morgan fingerprint density at radius 2 is 2.21 bits per heavy atom. The monoisotopic (exact) mass is 266 g/mol. The van der Waals surface area contributed by atoms with Crippen molar-refractivity contribution in [3.05, 3.63) is 12.4 Å². The lowest BCUT2D eigenvalue weighted by molar-refractivity contribution is -0.161. The second-order valence-electron chi connectivity index (χ2n) is 5.00. The van der Waals surface area contributed by atoms with Crippen molar-refractivity contribution in [3.8, 4) is 0 Å². The van der Waals surface area contributed by atoms with Gasteiger partial charge < -0.3 is 10.0 Å². The van der Waals surface area contributed by atoms with Crippen LogP contribution in [0.3, 0.4) is 0 Å². The fraction of sp³-hybridized carbons (Fsp3) is 0.667. The SMILES string of the molecule is CC1(C(=O)O)CCCCN1C(=O)CCn1ccnn1. The van der Waals surface area contributed by atoms with Gasteiger partial charge >= 0.3 is 5.97 Å². The molecule has 0 spiro atoms. The number of aromatic nitrogens is 3. The Kier molecular flexibility index (Phi) is 3.82. The van der Waals surface area contributed by atoms with Gasteiger partial charge in [0, 0.05) is 19.2 Å². The minimum Gasteiger partial charge on any atom is -0.480 e. The van der Waals surface area contributed by atoms with Crippen LogP contribution in [0.1, 0.15) is 32.6 Å². The molecule has 1 aliphatic heterocycles. The number of amides is 1. The molecule has 1 amide bonds. The van der Waals surface area contributed by atoms with E-state index in [0.717, 1.165) is 12.8 Å². The maximum Gasteiger partial charge on any atom is 0.329 e. The summed E-state index contributed by atoms with van der Waals surface area (Å²) < 4.78 is 1.57. The summed E-state index contributed by atoms with van der Waals surface area (Å²) in [7, 11) is 0. The molecule has 1 N–H and O–H groups in total. The molecule has 7 heteroatoms. The molecule has 1 unspecified atom stereocenters. The van der Waals surface area contributed by atoms with Crippen LogP contribution in [0.4, 0.5) is 0 Å². The number of piperidine rings is 1. The molecule has 0 saturated carbocycles. The summed E-state index contributed by atoms with van der Waals surface area (Å²) in [6, 6.07) is 0. The molecule has 0 aliphatic carbocycles. The molecule has 2 rings (SSSR count). The van der Waals surface area contributed by atoms with Gasteiger partial charge in [-0.3, -0.25) is 9.48 Å². The second-order valence-corrected chi connectivity index (χ2v) is 5.00. The number of rotatable bonds is 4. The number of carbonyl (C=O) groups is 2. The fourth-order valence-electron chi connectivity index (χ4n) is 2.44. The Morgan fingerprint density at radius 1 is 1.42 bits per heavy atom. The van der Waals surface area contributed by atoms with Crippen molar-refractivity contribution in [1.29, 1.82) is 0 Å². The number of nitrogens with zero attached hydrogens (tertiary/aromatic N) is 4. The number of hydrogen-bond donors (Lipinski definition) is 1. The van der Waals surface area contributed by atoms with E-state index in [1.807, 2.05) is 0 Å². The maximum absolute atomic E-state index is 12.2. The Morgan fingerprint density at radius 3 is 2.84 bits per heavy atom. The van der Waals surface area contributed by atoms with Gasteiger partial charge in [-0.2, -0.15) is 0 Å². The van der Waals surface area contributed by atoms with Crippen molar-refractivity contribution in [2.45, 2.75) is 44.7 Å². The van der Waals surface area contributed by atoms with Gasteiger partial charge in [0.05, 0.1) is 12.7 Å². The zero-order chi connectivity index (χ0) is 13.9. The van der Waals surface area contributed by atoms with Gasteiger partial charge in [-0.05, 0) is 26.2 Å². The summed E-state index contributed by atoms with van der Waals surface area (Å²) in [5.41, 5.74) is -1.07. The molecular formula is C12H18N4O3. The van der Waals surface area contributed by atoms with Crippen LogP contribution >= 0.6 is 0 Å². The van der Waals surface area contributed by atoms with E-state index in [9.17, 15) is 14.7 Å². The normalized spacial score (nSPS) is 23.3. The van der Waals surface area contributed by atoms with Gasteiger partial charge in [0.15, 0.2) is 0 Å². The van der Waals surface area contributed by atoms with E-state index in [2.05, 4.69) is 10.3 Å². The van der Waals surface area contributed by atoms with E-state index in [4.69, 9.17) is 0 Å². The van der Waals surface area contributed by atoms with Crippen LogP contribution in [-0.4, -0.2) is 49.0 Å². The minimum absolute atomic E-state index is 0.139. The predicted octanol–water partition coefficient (Wildman–Crippen LogP) is 0.524. The van der Waals surface area contributed by atoms with E-state index in [1.165, 1.54) is 4.90 Å². The minimum atomic E-state index is -1.07. The maximum atomic E-state index is 12.2. The van der Waals surface area contributed by atoms with Crippen molar-refractivity contribution in [1.82, 2.24) is 19.9 Å². The number of carboxylic acids is 1. The lowest BCUT2D eigenvalue weighted by Crippen LogP contribution is -2.57. The van der Waals surface area contributed by atoms with Gasteiger partial charge in [0.25, 0.3) is 0 Å². The number of carboxylic acid groups (broad SMARTS) is 1. The third kappa shape index (κ3) is 2.74. The van der Waals surface area contributed by atoms with Crippen LogP contribution in [0.2, 0.25) is 0 Å². The highest BCUT2D eigenvalue weighted by atomic mass is 16.4. The highest BCUT2D eigenvalue weighted by Gasteiger charge is 2.43. The molecular weight excluding hydrogens is 248 g/mol. The zero-order valence-electron chi connectivity index (χ0n) is 10.9. The molecule has 2 heterocycles. The van der Waals surface area contributed by atoms with Crippen molar-refractivity contribution in [2.75, 3.05) is 6.54 Å². The first-order chi connectivity index (χ1) is 9.04. The van der Waals surface area contributed by atoms with Crippen LogP contribution in [-0.2, 0) is 16.1 Å². The largest absolute Gasteiger partial charge is 0.480 e. The molecule has 1 fully saturated rings. The third-order valence-electron chi connectivity index (χ3n) is 3.68. The number of aryl methyl sites for hydroxylation is 1. The lowest BCUT2D eigenvalue weighted by atomic mass is 9.88. The molecule has 0 radical (unpaired) electrons. The van der Waals surface area contributed by atoms with Gasteiger partial charge in [-0.1, -0.05) is 5.21 Å². The topological polar surface area (TPSA) is 88.3 Å². The van der Waals surface area contributed by atoms with E-state index in [1.54, 1.807) is 24.0 Å². The molecule has 1 saturated heterocycles. The number of likely N-dealkylation sites (tertiary alicyclic amines) is 1. The summed E-state index contributed by atoms with van der Waals surface area (Å²) in [5.74, 6) is -1.07.